The molecule has 0 aliphatic carbocycles. The van der Waals surface area contributed by atoms with E-state index >= 15 is 0 Å². The van der Waals surface area contributed by atoms with Crippen molar-refractivity contribution in [3.05, 3.63) is 65.2 Å². The second-order valence-electron chi connectivity index (χ2n) is 5.11. The van der Waals surface area contributed by atoms with Gasteiger partial charge >= 0.3 is 0 Å². The van der Waals surface area contributed by atoms with Gasteiger partial charge in [0.15, 0.2) is 0 Å². The summed E-state index contributed by atoms with van der Waals surface area (Å²) in [4.78, 5) is 0. The fraction of sp³-hybridized carbons (Fsp3) is 0.250. The molecule has 0 spiro atoms. The second kappa shape index (κ2) is 5.21. The summed E-state index contributed by atoms with van der Waals surface area (Å²) in [6, 6.07) is 10.7. The molecule has 4 heteroatoms. The molecule has 104 valence electrons. The predicted molar refractivity (Wildman–Crippen MR) is 72.4 cm³/mol. The zero-order chi connectivity index (χ0) is 14.1. The SMILES string of the molecule is NC(c1cc(F)cc(F)c1)C1COc2ccccc2C1. The van der Waals surface area contributed by atoms with Gasteiger partial charge in [-0.25, -0.2) is 8.78 Å². The summed E-state index contributed by atoms with van der Waals surface area (Å²) in [5, 5.41) is 0. The number of hydrogen-bond acceptors (Lipinski definition) is 2. The number of fused-ring (bicyclic) bond motifs is 1. The molecule has 20 heavy (non-hydrogen) atoms. The maximum atomic E-state index is 13.3. The van der Waals surface area contributed by atoms with Crippen molar-refractivity contribution in [2.24, 2.45) is 11.7 Å². The van der Waals surface area contributed by atoms with Gasteiger partial charge in [0.1, 0.15) is 17.4 Å². The maximum Gasteiger partial charge on any atom is 0.126 e. The van der Waals surface area contributed by atoms with Crippen LogP contribution in [0.15, 0.2) is 42.5 Å². The van der Waals surface area contributed by atoms with Gasteiger partial charge in [-0.3, -0.25) is 0 Å². The predicted octanol–water partition coefficient (Wildman–Crippen LogP) is 3.22. The average Bonchev–Trinajstić information content (AvgIpc) is 2.45. The molecule has 0 saturated carbocycles. The first-order valence-electron chi connectivity index (χ1n) is 6.56. The van der Waals surface area contributed by atoms with Crippen molar-refractivity contribution in [3.63, 3.8) is 0 Å². The molecule has 0 aromatic heterocycles. The Balaban J connectivity index is 1.83. The summed E-state index contributed by atoms with van der Waals surface area (Å²) in [6.45, 7) is 0.455. The van der Waals surface area contributed by atoms with Gasteiger partial charge in [0.05, 0.1) is 6.61 Å². The Morgan fingerprint density at radius 2 is 1.80 bits per heavy atom. The van der Waals surface area contributed by atoms with Crippen LogP contribution in [0.5, 0.6) is 5.75 Å². The quantitative estimate of drug-likeness (QED) is 0.913. The third-order valence-corrected chi connectivity index (χ3v) is 3.69. The molecule has 1 heterocycles. The highest BCUT2D eigenvalue weighted by atomic mass is 19.1. The molecule has 0 fully saturated rings. The van der Waals surface area contributed by atoms with Crippen LogP contribution in [0.25, 0.3) is 0 Å². The van der Waals surface area contributed by atoms with Crippen molar-refractivity contribution < 1.29 is 13.5 Å². The van der Waals surface area contributed by atoms with Crippen LogP contribution in [0.1, 0.15) is 17.2 Å². The minimum absolute atomic E-state index is 0.00565. The zero-order valence-electron chi connectivity index (χ0n) is 10.9. The minimum atomic E-state index is -0.604. The van der Waals surface area contributed by atoms with Gasteiger partial charge in [-0.15, -0.1) is 0 Å². The summed E-state index contributed by atoms with van der Waals surface area (Å²) in [6.07, 6.45) is 0.746. The van der Waals surface area contributed by atoms with Crippen molar-refractivity contribution in [1.82, 2.24) is 0 Å². The number of hydrogen-bond donors (Lipinski definition) is 1. The Morgan fingerprint density at radius 1 is 1.10 bits per heavy atom. The molecular weight excluding hydrogens is 260 g/mol. The van der Waals surface area contributed by atoms with E-state index in [-0.39, 0.29) is 5.92 Å². The van der Waals surface area contributed by atoms with E-state index in [0.29, 0.717) is 12.2 Å². The largest absolute Gasteiger partial charge is 0.493 e. The van der Waals surface area contributed by atoms with Crippen LogP contribution in [0.3, 0.4) is 0 Å². The Morgan fingerprint density at radius 3 is 2.55 bits per heavy atom. The van der Waals surface area contributed by atoms with E-state index in [1.165, 1.54) is 12.1 Å². The zero-order valence-corrected chi connectivity index (χ0v) is 10.9. The summed E-state index contributed by atoms with van der Waals surface area (Å²) in [5.74, 6) is -0.340. The van der Waals surface area contributed by atoms with Gasteiger partial charge in [0.2, 0.25) is 0 Å². The lowest BCUT2D eigenvalue weighted by Gasteiger charge is -2.29. The summed E-state index contributed by atoms with van der Waals surface area (Å²) >= 11 is 0. The minimum Gasteiger partial charge on any atom is -0.493 e. The molecule has 1 aliphatic heterocycles. The monoisotopic (exact) mass is 275 g/mol. The molecule has 0 saturated heterocycles. The van der Waals surface area contributed by atoms with Crippen molar-refractivity contribution >= 4 is 0 Å². The molecule has 0 amide bonds. The summed E-state index contributed by atoms with van der Waals surface area (Å²) < 4.78 is 32.2. The van der Waals surface area contributed by atoms with E-state index in [9.17, 15) is 8.78 Å². The average molecular weight is 275 g/mol. The van der Waals surface area contributed by atoms with Crippen molar-refractivity contribution in [3.8, 4) is 5.75 Å². The van der Waals surface area contributed by atoms with E-state index in [1.54, 1.807) is 0 Å². The highest BCUT2D eigenvalue weighted by Gasteiger charge is 2.26. The molecule has 2 aromatic carbocycles. The van der Waals surface area contributed by atoms with E-state index in [2.05, 4.69) is 0 Å². The Hall–Kier alpha value is -1.94. The van der Waals surface area contributed by atoms with Gasteiger partial charge in [-0.1, -0.05) is 18.2 Å². The van der Waals surface area contributed by atoms with Crippen LogP contribution in [-0.2, 0) is 6.42 Å². The Kier molecular flexibility index (Phi) is 3.40. The Bertz CT molecular complexity index is 609. The first-order chi connectivity index (χ1) is 9.63. The highest BCUT2D eigenvalue weighted by Crippen LogP contribution is 2.32. The van der Waals surface area contributed by atoms with Crippen molar-refractivity contribution in [1.29, 1.82) is 0 Å². The van der Waals surface area contributed by atoms with E-state index in [4.69, 9.17) is 10.5 Å². The van der Waals surface area contributed by atoms with Gasteiger partial charge in [0.25, 0.3) is 0 Å². The number of halogens is 2. The smallest absolute Gasteiger partial charge is 0.126 e. The standard InChI is InChI=1S/C16H15F2NO/c17-13-6-11(7-14(18)8-13)16(19)12-5-10-3-1-2-4-15(10)20-9-12/h1-4,6-8,12,16H,5,9,19H2. The van der Waals surface area contributed by atoms with Crippen LogP contribution in [0.4, 0.5) is 8.78 Å². The van der Waals surface area contributed by atoms with Crippen molar-refractivity contribution in [2.75, 3.05) is 6.61 Å². The summed E-state index contributed by atoms with van der Waals surface area (Å²) in [5.41, 5.74) is 7.70. The third kappa shape index (κ3) is 2.51. The molecule has 0 radical (unpaired) electrons. The van der Waals surface area contributed by atoms with Crippen LogP contribution < -0.4 is 10.5 Å². The molecular formula is C16H15F2NO. The van der Waals surface area contributed by atoms with Gasteiger partial charge in [-0.2, -0.15) is 0 Å². The molecule has 2 aromatic rings. The lowest BCUT2D eigenvalue weighted by molar-refractivity contribution is 0.199. The van der Waals surface area contributed by atoms with E-state index in [1.807, 2.05) is 24.3 Å². The molecule has 2 atom stereocenters. The van der Waals surface area contributed by atoms with Gasteiger partial charge in [0, 0.05) is 18.0 Å². The normalized spacial score (nSPS) is 19.1. The van der Waals surface area contributed by atoms with Crippen LogP contribution in [0.2, 0.25) is 0 Å². The van der Waals surface area contributed by atoms with Gasteiger partial charge < -0.3 is 10.5 Å². The molecule has 3 rings (SSSR count). The second-order valence-corrected chi connectivity index (χ2v) is 5.11. The van der Waals surface area contributed by atoms with Crippen LogP contribution in [-0.4, -0.2) is 6.61 Å². The van der Waals surface area contributed by atoms with Crippen molar-refractivity contribution in [2.45, 2.75) is 12.5 Å². The van der Waals surface area contributed by atoms with Crippen LogP contribution >= 0.6 is 0 Å². The Labute approximate surface area is 116 Å². The lowest BCUT2D eigenvalue weighted by atomic mass is 9.87. The molecule has 2 unspecified atom stereocenters. The number of benzene rings is 2. The maximum absolute atomic E-state index is 13.3. The molecule has 0 bridgehead atoms. The highest BCUT2D eigenvalue weighted by molar-refractivity contribution is 5.36. The topological polar surface area (TPSA) is 35.2 Å². The number of para-hydroxylation sites is 1. The first kappa shape index (κ1) is 13.1. The number of rotatable bonds is 2. The first-order valence-corrected chi connectivity index (χ1v) is 6.56. The van der Waals surface area contributed by atoms with Crippen LogP contribution in [0, 0.1) is 17.6 Å². The summed E-state index contributed by atoms with van der Waals surface area (Å²) in [7, 11) is 0. The molecule has 1 aliphatic rings. The number of nitrogens with two attached hydrogens (primary N) is 1. The third-order valence-electron chi connectivity index (χ3n) is 3.69. The fourth-order valence-electron chi connectivity index (χ4n) is 2.62. The lowest BCUT2D eigenvalue weighted by Crippen LogP contribution is -2.31. The van der Waals surface area contributed by atoms with E-state index in [0.717, 1.165) is 23.8 Å². The molecule has 2 nitrogen and oxygen atoms in total. The molecule has 2 N–H and O–H groups in total. The van der Waals surface area contributed by atoms with Gasteiger partial charge in [-0.05, 0) is 35.7 Å². The number of ether oxygens (including phenoxy) is 1. The fourth-order valence-corrected chi connectivity index (χ4v) is 2.62. The van der Waals surface area contributed by atoms with E-state index < -0.39 is 17.7 Å².